The monoisotopic (exact) mass is 409 g/mol. The molecular weight excluding hydrogens is 386 g/mol. The van der Waals surface area contributed by atoms with Crippen molar-refractivity contribution in [1.82, 2.24) is 9.96 Å². The molecule has 0 unspecified atom stereocenters. The van der Waals surface area contributed by atoms with E-state index in [0.29, 0.717) is 40.4 Å². The van der Waals surface area contributed by atoms with Gasteiger partial charge in [-0.15, -0.1) is 0 Å². The Kier molecular flexibility index (Phi) is 4.54. The van der Waals surface area contributed by atoms with Crippen LogP contribution < -0.4 is 4.74 Å². The summed E-state index contributed by atoms with van der Waals surface area (Å²) in [6.45, 7) is 7.57. The summed E-state index contributed by atoms with van der Waals surface area (Å²) in [6.07, 6.45) is 0. The maximum Gasteiger partial charge on any atom is 0.273 e. The van der Waals surface area contributed by atoms with E-state index >= 15 is 0 Å². The van der Waals surface area contributed by atoms with Crippen LogP contribution in [-0.2, 0) is 6.54 Å². The molecule has 0 saturated carbocycles. The molecule has 0 spiro atoms. The Bertz CT molecular complexity index is 1110. The topological polar surface area (TPSA) is 96.2 Å². The van der Waals surface area contributed by atoms with Crippen molar-refractivity contribution in [2.45, 2.75) is 39.8 Å². The van der Waals surface area contributed by atoms with Gasteiger partial charge in [0.15, 0.2) is 0 Å². The fourth-order valence-corrected chi connectivity index (χ4v) is 4.27. The Morgan fingerprint density at radius 3 is 2.60 bits per heavy atom. The van der Waals surface area contributed by atoms with Crippen LogP contribution >= 0.6 is 0 Å². The zero-order chi connectivity index (χ0) is 21.8. The van der Waals surface area contributed by atoms with Crippen molar-refractivity contribution in [1.29, 1.82) is 0 Å². The Hall–Kier alpha value is -3.39. The number of fused-ring (bicyclic) bond motifs is 2. The molecule has 2 aromatic carbocycles. The lowest BCUT2D eigenvalue weighted by Gasteiger charge is -2.42. The molecule has 0 atom stereocenters. The van der Waals surface area contributed by atoms with Gasteiger partial charge in [0.1, 0.15) is 17.0 Å². The Labute approximate surface area is 174 Å². The molecule has 1 N–H and O–H groups in total. The lowest BCUT2D eigenvalue weighted by molar-refractivity contribution is -0.385. The van der Waals surface area contributed by atoms with Crippen molar-refractivity contribution in [3.63, 3.8) is 0 Å². The first kappa shape index (κ1) is 19.9. The molecule has 0 aliphatic carbocycles. The molecular formula is C22H23N3O5. The zero-order valence-corrected chi connectivity index (χ0v) is 17.3. The van der Waals surface area contributed by atoms with Gasteiger partial charge in [-0.25, -0.2) is 0 Å². The predicted molar refractivity (Wildman–Crippen MR) is 110 cm³/mol. The number of amides is 1. The van der Waals surface area contributed by atoms with Gasteiger partial charge in [-0.2, -0.15) is 0 Å². The second kappa shape index (κ2) is 6.84. The summed E-state index contributed by atoms with van der Waals surface area (Å²) in [7, 11) is 0. The van der Waals surface area contributed by atoms with Crippen LogP contribution in [-0.4, -0.2) is 38.1 Å². The predicted octanol–water partition coefficient (Wildman–Crippen LogP) is 4.11. The number of rotatable bonds is 4. The van der Waals surface area contributed by atoms with Crippen LogP contribution in [0, 0.1) is 17.0 Å². The molecule has 1 amide bonds. The van der Waals surface area contributed by atoms with Crippen LogP contribution in [0.5, 0.6) is 5.75 Å². The van der Waals surface area contributed by atoms with Crippen LogP contribution in [0.3, 0.4) is 0 Å². The SMILES string of the molecule is CCN(O)C1=C(N2Cc3ccccc3C2=O)c2c(ccc([N+](=O)[O-])c2C)OC1(C)C. The molecule has 0 aromatic heterocycles. The highest BCUT2D eigenvalue weighted by atomic mass is 16.6. The van der Waals surface area contributed by atoms with Crippen LogP contribution in [0.15, 0.2) is 42.1 Å². The van der Waals surface area contributed by atoms with Crippen LogP contribution in [0.25, 0.3) is 5.70 Å². The van der Waals surface area contributed by atoms with Gasteiger partial charge in [-0.3, -0.25) is 25.2 Å². The molecule has 4 rings (SSSR count). The second-order valence-electron chi connectivity index (χ2n) is 7.91. The number of nitro benzene ring substituents is 1. The van der Waals surface area contributed by atoms with Crippen molar-refractivity contribution in [2.24, 2.45) is 0 Å². The number of hydrogen-bond acceptors (Lipinski definition) is 6. The first-order valence-electron chi connectivity index (χ1n) is 9.75. The third-order valence-electron chi connectivity index (χ3n) is 5.64. The maximum atomic E-state index is 13.3. The van der Waals surface area contributed by atoms with Crippen molar-refractivity contribution < 1.29 is 19.7 Å². The highest BCUT2D eigenvalue weighted by Crippen LogP contribution is 2.48. The second-order valence-corrected chi connectivity index (χ2v) is 7.91. The minimum atomic E-state index is -0.968. The molecule has 8 heteroatoms. The Balaban J connectivity index is 2.03. The summed E-state index contributed by atoms with van der Waals surface area (Å²) < 4.78 is 6.15. The number of hydroxylamine groups is 2. The number of nitro groups is 1. The largest absolute Gasteiger partial charge is 0.481 e. The van der Waals surface area contributed by atoms with E-state index in [0.717, 1.165) is 10.6 Å². The summed E-state index contributed by atoms with van der Waals surface area (Å²) in [4.78, 5) is 26.0. The van der Waals surface area contributed by atoms with Gasteiger partial charge in [-0.05, 0) is 45.4 Å². The van der Waals surface area contributed by atoms with E-state index in [2.05, 4.69) is 0 Å². The minimum Gasteiger partial charge on any atom is -0.481 e. The number of benzene rings is 2. The molecule has 2 aromatic rings. The number of likely N-dealkylation sites (N-methyl/N-ethyl adjacent to an activating group) is 1. The third kappa shape index (κ3) is 2.83. The van der Waals surface area contributed by atoms with Gasteiger partial charge >= 0.3 is 0 Å². The van der Waals surface area contributed by atoms with Gasteiger partial charge in [0, 0.05) is 23.7 Å². The molecule has 2 aliphatic heterocycles. The molecule has 2 heterocycles. The molecule has 0 bridgehead atoms. The molecule has 30 heavy (non-hydrogen) atoms. The van der Waals surface area contributed by atoms with E-state index in [-0.39, 0.29) is 18.1 Å². The summed E-state index contributed by atoms with van der Waals surface area (Å²) in [5, 5.41) is 23.4. The molecule has 0 saturated heterocycles. The maximum absolute atomic E-state index is 13.3. The van der Waals surface area contributed by atoms with Crippen LogP contribution in [0.2, 0.25) is 0 Å². The summed E-state index contributed by atoms with van der Waals surface area (Å²) in [5.74, 6) is 0.229. The van der Waals surface area contributed by atoms with Crippen molar-refractivity contribution in [2.75, 3.05) is 6.54 Å². The van der Waals surface area contributed by atoms with Crippen LogP contribution in [0.1, 0.15) is 47.8 Å². The highest BCUT2D eigenvalue weighted by Gasteiger charge is 2.44. The van der Waals surface area contributed by atoms with Crippen molar-refractivity contribution >= 4 is 17.3 Å². The molecule has 8 nitrogen and oxygen atoms in total. The molecule has 2 aliphatic rings. The fourth-order valence-electron chi connectivity index (χ4n) is 4.27. The first-order chi connectivity index (χ1) is 14.2. The van der Waals surface area contributed by atoms with Gasteiger partial charge in [0.05, 0.1) is 22.7 Å². The van der Waals surface area contributed by atoms with Crippen molar-refractivity contribution in [3.05, 3.63) is 74.5 Å². The average Bonchev–Trinajstić information content (AvgIpc) is 3.02. The van der Waals surface area contributed by atoms with Gasteiger partial charge < -0.3 is 9.64 Å². The lowest BCUT2D eigenvalue weighted by Crippen LogP contribution is -2.45. The van der Waals surface area contributed by atoms with Gasteiger partial charge in [0.2, 0.25) is 0 Å². The standard InChI is InChI=1S/C22H23N3O5/c1-5-24(27)20-19(23-12-14-8-6-7-9-15(14)21(23)26)18-13(2)16(25(28)29)10-11-17(18)30-22(20,3)4/h6-11,27H,5,12H2,1-4H3. The average molecular weight is 409 g/mol. The highest BCUT2D eigenvalue weighted by molar-refractivity contribution is 6.04. The third-order valence-corrected chi connectivity index (χ3v) is 5.64. The Morgan fingerprint density at radius 2 is 1.97 bits per heavy atom. The van der Waals surface area contributed by atoms with E-state index in [4.69, 9.17) is 4.74 Å². The number of carbonyl (C=O) groups is 1. The van der Waals surface area contributed by atoms with Crippen LogP contribution in [0.4, 0.5) is 5.69 Å². The number of ether oxygens (including phenoxy) is 1. The quantitative estimate of drug-likeness (QED) is 0.603. The number of hydrogen-bond donors (Lipinski definition) is 1. The van der Waals surface area contributed by atoms with E-state index in [1.807, 2.05) is 12.1 Å². The van der Waals surface area contributed by atoms with E-state index in [9.17, 15) is 20.1 Å². The number of carbonyl (C=O) groups excluding carboxylic acids is 1. The zero-order valence-electron chi connectivity index (χ0n) is 17.3. The van der Waals surface area contributed by atoms with Crippen molar-refractivity contribution in [3.8, 4) is 5.75 Å². The number of nitrogens with zero attached hydrogens (tertiary/aromatic N) is 3. The molecule has 0 fully saturated rings. The summed E-state index contributed by atoms with van der Waals surface area (Å²) in [5.41, 5.74) is 2.07. The summed E-state index contributed by atoms with van der Waals surface area (Å²) >= 11 is 0. The first-order valence-corrected chi connectivity index (χ1v) is 9.75. The van der Waals surface area contributed by atoms with E-state index in [1.165, 1.54) is 6.07 Å². The normalized spacial score (nSPS) is 16.8. The fraction of sp³-hybridized carbons (Fsp3) is 0.318. The minimum absolute atomic E-state index is 0.0703. The van der Waals surface area contributed by atoms with E-state index in [1.54, 1.807) is 50.8 Å². The lowest BCUT2D eigenvalue weighted by atomic mass is 9.90. The Morgan fingerprint density at radius 1 is 1.27 bits per heavy atom. The molecule has 0 radical (unpaired) electrons. The summed E-state index contributed by atoms with van der Waals surface area (Å²) in [6, 6.07) is 10.3. The van der Waals surface area contributed by atoms with Gasteiger partial charge in [-0.1, -0.05) is 18.2 Å². The smallest absolute Gasteiger partial charge is 0.273 e. The van der Waals surface area contributed by atoms with E-state index < -0.39 is 10.5 Å². The van der Waals surface area contributed by atoms with Gasteiger partial charge in [0.25, 0.3) is 11.6 Å². The molecule has 156 valence electrons.